The SMILES string of the molecule is Oc1c(Br)cccc1Oc1ccc(Br)cc1. The molecule has 0 aromatic heterocycles. The van der Waals surface area contributed by atoms with Gasteiger partial charge in [-0.3, -0.25) is 0 Å². The van der Waals surface area contributed by atoms with E-state index in [1.54, 1.807) is 18.2 Å². The Hall–Kier alpha value is -1.000. The molecule has 0 aliphatic heterocycles. The van der Waals surface area contributed by atoms with Crippen molar-refractivity contribution in [1.29, 1.82) is 0 Å². The summed E-state index contributed by atoms with van der Waals surface area (Å²) in [6.45, 7) is 0. The first-order valence-electron chi connectivity index (χ1n) is 4.58. The maximum absolute atomic E-state index is 9.73. The zero-order valence-corrected chi connectivity index (χ0v) is 11.3. The number of ether oxygens (including phenoxy) is 1. The van der Waals surface area contributed by atoms with Crippen molar-refractivity contribution in [3.05, 3.63) is 51.4 Å². The number of aromatic hydroxyl groups is 1. The van der Waals surface area contributed by atoms with Gasteiger partial charge in [0.25, 0.3) is 0 Å². The van der Waals surface area contributed by atoms with Gasteiger partial charge in [0.15, 0.2) is 11.5 Å². The van der Waals surface area contributed by atoms with E-state index in [0.29, 0.717) is 16.0 Å². The van der Waals surface area contributed by atoms with Crippen LogP contribution in [0.4, 0.5) is 0 Å². The third kappa shape index (κ3) is 2.57. The summed E-state index contributed by atoms with van der Waals surface area (Å²) in [4.78, 5) is 0. The van der Waals surface area contributed by atoms with E-state index < -0.39 is 0 Å². The van der Waals surface area contributed by atoms with Crippen LogP contribution in [0.5, 0.6) is 17.2 Å². The smallest absolute Gasteiger partial charge is 0.172 e. The molecule has 0 amide bonds. The predicted octanol–water partition coefficient (Wildman–Crippen LogP) is 4.71. The maximum atomic E-state index is 9.73. The minimum atomic E-state index is 0.102. The molecule has 2 aromatic rings. The first-order valence-corrected chi connectivity index (χ1v) is 6.16. The second kappa shape index (κ2) is 4.89. The van der Waals surface area contributed by atoms with Gasteiger partial charge in [-0.05, 0) is 52.3 Å². The summed E-state index contributed by atoms with van der Waals surface area (Å²) in [5, 5.41) is 9.73. The maximum Gasteiger partial charge on any atom is 0.172 e. The van der Waals surface area contributed by atoms with Crippen LogP contribution in [0.1, 0.15) is 0 Å². The average molecular weight is 344 g/mol. The first-order chi connectivity index (χ1) is 7.66. The molecule has 0 bridgehead atoms. The molecule has 2 nitrogen and oxygen atoms in total. The van der Waals surface area contributed by atoms with E-state index in [9.17, 15) is 5.11 Å². The van der Waals surface area contributed by atoms with Crippen molar-refractivity contribution in [2.45, 2.75) is 0 Å². The number of halogens is 2. The number of rotatable bonds is 2. The van der Waals surface area contributed by atoms with Crippen LogP contribution in [-0.4, -0.2) is 5.11 Å². The molecule has 2 rings (SSSR count). The van der Waals surface area contributed by atoms with Crippen LogP contribution in [0, 0.1) is 0 Å². The molecular formula is C12H8Br2O2. The van der Waals surface area contributed by atoms with Gasteiger partial charge in [-0.2, -0.15) is 0 Å². The van der Waals surface area contributed by atoms with Gasteiger partial charge in [-0.25, -0.2) is 0 Å². The lowest BCUT2D eigenvalue weighted by Crippen LogP contribution is -1.84. The third-order valence-corrected chi connectivity index (χ3v) is 3.16. The summed E-state index contributed by atoms with van der Waals surface area (Å²) in [5.74, 6) is 1.21. The Bertz CT molecular complexity index is 495. The molecule has 0 unspecified atom stereocenters. The summed E-state index contributed by atoms with van der Waals surface area (Å²) >= 11 is 6.58. The van der Waals surface area contributed by atoms with Crippen molar-refractivity contribution in [3.63, 3.8) is 0 Å². The fraction of sp³-hybridized carbons (Fsp3) is 0. The molecule has 0 spiro atoms. The van der Waals surface area contributed by atoms with Gasteiger partial charge in [0, 0.05) is 4.47 Å². The standard InChI is InChI=1S/C12H8Br2O2/c13-8-4-6-9(7-5-8)16-11-3-1-2-10(14)12(11)15/h1-7,15H. The molecule has 4 heteroatoms. The molecular weight excluding hydrogens is 336 g/mol. The zero-order valence-electron chi connectivity index (χ0n) is 8.15. The fourth-order valence-corrected chi connectivity index (χ4v) is 1.82. The van der Waals surface area contributed by atoms with Gasteiger partial charge in [0.1, 0.15) is 5.75 Å². The van der Waals surface area contributed by atoms with E-state index in [-0.39, 0.29) is 5.75 Å². The molecule has 0 aliphatic carbocycles. The molecule has 2 aromatic carbocycles. The Labute approximate surface area is 110 Å². The zero-order chi connectivity index (χ0) is 11.5. The van der Waals surface area contributed by atoms with Crippen molar-refractivity contribution >= 4 is 31.9 Å². The normalized spacial score (nSPS) is 10.1. The molecule has 0 atom stereocenters. The summed E-state index contributed by atoms with van der Waals surface area (Å²) in [5.41, 5.74) is 0. The van der Waals surface area contributed by atoms with Gasteiger partial charge in [0.2, 0.25) is 0 Å². The topological polar surface area (TPSA) is 29.5 Å². The van der Waals surface area contributed by atoms with Crippen molar-refractivity contribution in [2.24, 2.45) is 0 Å². The van der Waals surface area contributed by atoms with E-state index in [0.717, 1.165) is 4.47 Å². The monoisotopic (exact) mass is 342 g/mol. The van der Waals surface area contributed by atoms with E-state index in [1.165, 1.54) is 0 Å². The molecule has 0 saturated heterocycles. The Morgan fingerprint density at radius 2 is 1.62 bits per heavy atom. The van der Waals surface area contributed by atoms with Crippen LogP contribution >= 0.6 is 31.9 Å². The van der Waals surface area contributed by atoms with E-state index >= 15 is 0 Å². The largest absolute Gasteiger partial charge is 0.503 e. The number of para-hydroxylation sites is 1. The van der Waals surface area contributed by atoms with E-state index in [2.05, 4.69) is 31.9 Å². The molecule has 0 radical (unpaired) electrons. The van der Waals surface area contributed by atoms with Crippen LogP contribution in [-0.2, 0) is 0 Å². The highest BCUT2D eigenvalue weighted by atomic mass is 79.9. The first kappa shape index (κ1) is 11.5. The van der Waals surface area contributed by atoms with Crippen molar-refractivity contribution in [1.82, 2.24) is 0 Å². The predicted molar refractivity (Wildman–Crippen MR) is 70.0 cm³/mol. The highest BCUT2D eigenvalue weighted by Crippen LogP contribution is 2.36. The lowest BCUT2D eigenvalue weighted by atomic mass is 10.3. The Balaban J connectivity index is 2.27. The van der Waals surface area contributed by atoms with Crippen molar-refractivity contribution in [3.8, 4) is 17.2 Å². The second-order valence-electron chi connectivity index (χ2n) is 3.14. The van der Waals surface area contributed by atoms with Crippen LogP contribution in [0.25, 0.3) is 0 Å². The van der Waals surface area contributed by atoms with Crippen LogP contribution < -0.4 is 4.74 Å². The minimum Gasteiger partial charge on any atom is -0.503 e. The number of hydrogen-bond acceptors (Lipinski definition) is 2. The summed E-state index contributed by atoms with van der Waals surface area (Å²) < 4.78 is 7.14. The average Bonchev–Trinajstić information content (AvgIpc) is 2.28. The molecule has 0 saturated carbocycles. The van der Waals surface area contributed by atoms with Crippen LogP contribution in [0.3, 0.4) is 0 Å². The lowest BCUT2D eigenvalue weighted by Gasteiger charge is -2.08. The number of benzene rings is 2. The van der Waals surface area contributed by atoms with Gasteiger partial charge in [0.05, 0.1) is 4.47 Å². The Morgan fingerprint density at radius 1 is 0.938 bits per heavy atom. The number of phenolic OH excluding ortho intramolecular Hbond substituents is 1. The summed E-state index contributed by atoms with van der Waals surface area (Å²) in [7, 11) is 0. The molecule has 82 valence electrons. The van der Waals surface area contributed by atoms with Gasteiger partial charge < -0.3 is 9.84 Å². The quantitative estimate of drug-likeness (QED) is 0.855. The highest BCUT2D eigenvalue weighted by Gasteiger charge is 2.06. The van der Waals surface area contributed by atoms with Crippen LogP contribution in [0.15, 0.2) is 51.4 Å². The summed E-state index contributed by atoms with van der Waals surface area (Å²) in [6, 6.07) is 12.7. The molecule has 0 aliphatic rings. The lowest BCUT2D eigenvalue weighted by molar-refractivity contribution is 0.409. The Kier molecular flexibility index (Phi) is 3.51. The van der Waals surface area contributed by atoms with Gasteiger partial charge in [-0.15, -0.1) is 0 Å². The van der Waals surface area contributed by atoms with E-state index in [4.69, 9.17) is 4.74 Å². The second-order valence-corrected chi connectivity index (χ2v) is 4.91. The fourth-order valence-electron chi connectivity index (χ4n) is 1.21. The van der Waals surface area contributed by atoms with Gasteiger partial charge in [-0.1, -0.05) is 22.0 Å². The Morgan fingerprint density at radius 3 is 2.31 bits per heavy atom. The molecule has 1 N–H and O–H groups in total. The highest BCUT2D eigenvalue weighted by molar-refractivity contribution is 9.10. The summed E-state index contributed by atoms with van der Waals surface area (Å²) in [6.07, 6.45) is 0. The molecule has 0 fully saturated rings. The van der Waals surface area contributed by atoms with E-state index in [1.807, 2.05) is 24.3 Å². The number of phenols is 1. The van der Waals surface area contributed by atoms with Crippen molar-refractivity contribution < 1.29 is 9.84 Å². The van der Waals surface area contributed by atoms with Gasteiger partial charge >= 0.3 is 0 Å². The van der Waals surface area contributed by atoms with Crippen molar-refractivity contribution in [2.75, 3.05) is 0 Å². The molecule has 16 heavy (non-hydrogen) atoms. The number of hydrogen-bond donors (Lipinski definition) is 1. The minimum absolute atomic E-state index is 0.102. The third-order valence-electron chi connectivity index (χ3n) is 1.99. The molecule has 0 heterocycles. The van der Waals surface area contributed by atoms with Crippen LogP contribution in [0.2, 0.25) is 0 Å².